The third-order valence-corrected chi connectivity index (χ3v) is 6.08. The first-order valence-corrected chi connectivity index (χ1v) is 8.83. The van der Waals surface area contributed by atoms with Crippen molar-refractivity contribution in [1.82, 2.24) is 10.2 Å². The predicted octanol–water partition coefficient (Wildman–Crippen LogP) is 3.56. The van der Waals surface area contributed by atoms with Gasteiger partial charge in [-0.25, -0.2) is 0 Å². The first-order chi connectivity index (χ1) is 9.40. The summed E-state index contributed by atoms with van der Waals surface area (Å²) in [5.74, 6) is 1.04. The molecule has 1 N–H and O–H groups in total. The van der Waals surface area contributed by atoms with E-state index in [1.165, 1.54) is 77.2 Å². The van der Waals surface area contributed by atoms with Crippen molar-refractivity contribution in [2.45, 2.75) is 88.8 Å². The van der Waals surface area contributed by atoms with Crippen molar-refractivity contribution in [1.29, 1.82) is 0 Å². The molecular formula is C17H32N2. The Morgan fingerprint density at radius 3 is 2.26 bits per heavy atom. The second-order valence-corrected chi connectivity index (χ2v) is 7.09. The normalized spacial score (nSPS) is 41.5. The summed E-state index contributed by atoms with van der Waals surface area (Å²) in [5.41, 5.74) is 0. The summed E-state index contributed by atoms with van der Waals surface area (Å²) in [4.78, 5) is 2.94. The molecule has 1 heterocycles. The van der Waals surface area contributed by atoms with Crippen molar-refractivity contribution < 1.29 is 0 Å². The van der Waals surface area contributed by atoms with Crippen LogP contribution in [0, 0.1) is 5.92 Å². The second kappa shape index (κ2) is 6.58. The molecule has 0 radical (unpaired) electrons. The topological polar surface area (TPSA) is 15.3 Å². The molecule has 4 atom stereocenters. The fourth-order valence-electron chi connectivity index (χ4n) is 5.05. The molecule has 1 aliphatic heterocycles. The molecule has 0 bridgehead atoms. The third-order valence-electron chi connectivity index (χ3n) is 6.08. The maximum atomic E-state index is 3.65. The zero-order chi connectivity index (χ0) is 13.1. The minimum Gasteiger partial charge on any atom is -0.315 e. The molecule has 1 saturated heterocycles. The lowest BCUT2D eigenvalue weighted by atomic mass is 9.83. The van der Waals surface area contributed by atoms with E-state index >= 15 is 0 Å². The van der Waals surface area contributed by atoms with Gasteiger partial charge in [0.25, 0.3) is 0 Å². The van der Waals surface area contributed by atoms with Gasteiger partial charge in [-0.15, -0.1) is 0 Å². The number of hydrogen-bond donors (Lipinski definition) is 1. The molecule has 0 spiro atoms. The Labute approximate surface area is 119 Å². The lowest BCUT2D eigenvalue weighted by molar-refractivity contribution is 0.0933. The Morgan fingerprint density at radius 1 is 0.737 bits per heavy atom. The minimum absolute atomic E-state index is 0.751. The first-order valence-electron chi connectivity index (χ1n) is 8.83. The molecule has 3 rings (SSSR count). The van der Waals surface area contributed by atoms with Crippen LogP contribution in [0.3, 0.4) is 0 Å². The van der Waals surface area contributed by atoms with Gasteiger partial charge in [-0.2, -0.15) is 0 Å². The van der Waals surface area contributed by atoms with E-state index in [9.17, 15) is 0 Å². The Balaban J connectivity index is 1.70. The minimum atomic E-state index is 0.751. The fraction of sp³-hybridized carbons (Fsp3) is 1.00. The van der Waals surface area contributed by atoms with Crippen molar-refractivity contribution >= 4 is 0 Å². The van der Waals surface area contributed by atoms with Crippen LogP contribution in [-0.2, 0) is 0 Å². The summed E-state index contributed by atoms with van der Waals surface area (Å²) in [5, 5.41) is 3.65. The quantitative estimate of drug-likeness (QED) is 0.820. The van der Waals surface area contributed by atoms with E-state index in [1.54, 1.807) is 0 Å². The smallest absolute Gasteiger partial charge is 0.0252 e. The van der Waals surface area contributed by atoms with Crippen LogP contribution in [0.2, 0.25) is 0 Å². The van der Waals surface area contributed by atoms with Gasteiger partial charge < -0.3 is 5.32 Å². The van der Waals surface area contributed by atoms with Crippen LogP contribution in [0.15, 0.2) is 0 Å². The zero-order valence-electron chi connectivity index (χ0n) is 12.7. The molecule has 2 saturated carbocycles. The van der Waals surface area contributed by atoms with Gasteiger partial charge in [0.15, 0.2) is 0 Å². The van der Waals surface area contributed by atoms with Gasteiger partial charge in [-0.3, -0.25) is 4.90 Å². The largest absolute Gasteiger partial charge is 0.315 e. The maximum absolute atomic E-state index is 3.65. The van der Waals surface area contributed by atoms with Gasteiger partial charge in [-0.1, -0.05) is 38.5 Å². The molecule has 0 aromatic rings. The molecule has 2 nitrogen and oxygen atoms in total. The van der Waals surface area contributed by atoms with Crippen LogP contribution in [-0.4, -0.2) is 36.6 Å². The van der Waals surface area contributed by atoms with E-state index in [0.717, 1.165) is 24.0 Å². The average molecular weight is 264 g/mol. The van der Waals surface area contributed by atoms with Crippen LogP contribution >= 0.6 is 0 Å². The molecule has 19 heavy (non-hydrogen) atoms. The molecule has 4 unspecified atom stereocenters. The van der Waals surface area contributed by atoms with Gasteiger partial charge in [-0.05, 0) is 51.6 Å². The van der Waals surface area contributed by atoms with Crippen molar-refractivity contribution in [3.63, 3.8) is 0 Å². The van der Waals surface area contributed by atoms with Crippen LogP contribution in [0.1, 0.15) is 70.6 Å². The van der Waals surface area contributed by atoms with Crippen molar-refractivity contribution in [3.8, 4) is 0 Å². The fourth-order valence-corrected chi connectivity index (χ4v) is 5.05. The average Bonchev–Trinajstić information content (AvgIpc) is 2.83. The Kier molecular flexibility index (Phi) is 4.81. The third kappa shape index (κ3) is 3.00. The SMILES string of the molecule is CNC1CCCCCCC1N1CCC2CCCCC21. The Morgan fingerprint density at radius 2 is 1.42 bits per heavy atom. The Hall–Kier alpha value is -0.0800. The van der Waals surface area contributed by atoms with Crippen LogP contribution in [0.25, 0.3) is 0 Å². The molecular weight excluding hydrogens is 232 g/mol. The van der Waals surface area contributed by atoms with Gasteiger partial charge in [0.1, 0.15) is 0 Å². The highest BCUT2D eigenvalue weighted by molar-refractivity contribution is 4.96. The molecule has 3 aliphatic rings. The number of nitrogens with one attached hydrogen (secondary N) is 1. The molecule has 0 amide bonds. The number of likely N-dealkylation sites (N-methyl/N-ethyl adjacent to an activating group) is 1. The van der Waals surface area contributed by atoms with E-state index in [4.69, 9.17) is 0 Å². The lowest BCUT2D eigenvalue weighted by Gasteiger charge is -2.41. The highest BCUT2D eigenvalue weighted by Gasteiger charge is 2.40. The van der Waals surface area contributed by atoms with Crippen LogP contribution in [0.4, 0.5) is 0 Å². The van der Waals surface area contributed by atoms with E-state index < -0.39 is 0 Å². The second-order valence-electron chi connectivity index (χ2n) is 7.09. The van der Waals surface area contributed by atoms with E-state index in [-0.39, 0.29) is 0 Å². The summed E-state index contributed by atoms with van der Waals surface area (Å²) in [6.07, 6.45) is 16.1. The van der Waals surface area contributed by atoms with E-state index in [2.05, 4.69) is 17.3 Å². The number of fused-ring (bicyclic) bond motifs is 1. The summed E-state index contributed by atoms with van der Waals surface area (Å²) in [7, 11) is 2.19. The molecule has 3 fully saturated rings. The molecule has 0 aromatic heterocycles. The zero-order valence-corrected chi connectivity index (χ0v) is 12.7. The van der Waals surface area contributed by atoms with Crippen molar-refractivity contribution in [3.05, 3.63) is 0 Å². The maximum Gasteiger partial charge on any atom is 0.0252 e. The highest BCUT2D eigenvalue weighted by atomic mass is 15.2. The van der Waals surface area contributed by atoms with Gasteiger partial charge in [0, 0.05) is 18.1 Å². The van der Waals surface area contributed by atoms with Crippen LogP contribution < -0.4 is 5.32 Å². The monoisotopic (exact) mass is 264 g/mol. The highest BCUT2D eigenvalue weighted by Crippen LogP contribution is 2.39. The molecule has 2 heteroatoms. The number of likely N-dealkylation sites (tertiary alicyclic amines) is 1. The van der Waals surface area contributed by atoms with Crippen molar-refractivity contribution in [2.75, 3.05) is 13.6 Å². The summed E-state index contributed by atoms with van der Waals surface area (Å²) in [6.45, 7) is 1.39. The Bertz CT molecular complexity index is 278. The molecule has 0 aromatic carbocycles. The number of nitrogens with zero attached hydrogens (tertiary/aromatic N) is 1. The predicted molar refractivity (Wildman–Crippen MR) is 81.4 cm³/mol. The summed E-state index contributed by atoms with van der Waals surface area (Å²) < 4.78 is 0. The van der Waals surface area contributed by atoms with E-state index in [0.29, 0.717) is 0 Å². The van der Waals surface area contributed by atoms with E-state index in [1.807, 2.05) is 0 Å². The van der Waals surface area contributed by atoms with Crippen molar-refractivity contribution in [2.24, 2.45) is 5.92 Å². The lowest BCUT2D eigenvalue weighted by Crippen LogP contribution is -2.52. The van der Waals surface area contributed by atoms with Crippen LogP contribution in [0.5, 0.6) is 0 Å². The number of hydrogen-bond acceptors (Lipinski definition) is 2. The summed E-state index contributed by atoms with van der Waals surface area (Å²) in [6, 6.07) is 2.52. The molecule has 2 aliphatic carbocycles. The van der Waals surface area contributed by atoms with Gasteiger partial charge in [0.05, 0.1) is 0 Å². The molecule has 110 valence electrons. The first kappa shape index (κ1) is 13.9. The number of rotatable bonds is 2. The van der Waals surface area contributed by atoms with Gasteiger partial charge in [0.2, 0.25) is 0 Å². The van der Waals surface area contributed by atoms with Gasteiger partial charge >= 0.3 is 0 Å². The summed E-state index contributed by atoms with van der Waals surface area (Å²) >= 11 is 0. The standard InChI is InChI=1S/C17H32N2/c1-18-15-9-4-2-3-5-11-17(15)19-13-12-14-8-6-7-10-16(14)19/h14-18H,2-13H2,1H3.